The quantitative estimate of drug-likeness (QED) is 0.228. The lowest BCUT2D eigenvalue weighted by Crippen LogP contribution is -1.91. The number of hydrogen-bond donors (Lipinski definition) is 0. The molecule has 0 atom stereocenters. The molecule has 0 saturated heterocycles. The maximum Gasteiger partial charge on any atom is 0.143 e. The highest BCUT2D eigenvalue weighted by Crippen LogP contribution is 2.47. The summed E-state index contributed by atoms with van der Waals surface area (Å²) in [5.41, 5.74) is 4.85. The van der Waals surface area contributed by atoms with Gasteiger partial charge in [-0.25, -0.2) is 0 Å². The second kappa shape index (κ2) is 7.81. The summed E-state index contributed by atoms with van der Waals surface area (Å²) in [5, 5.41) is 7.83. The zero-order valence-corrected chi connectivity index (χ0v) is 19.9. The van der Waals surface area contributed by atoms with E-state index >= 15 is 0 Å². The standard InChI is InChI=1S/C36H22O/c1-2-13-24-23(11-1)12-9-19-26(24)34-27-15-3-5-17-29(27)35(30-18-6-4-16-28(30)34)32-21-10-20-31-25-14-7-8-22-33(25)37-36(31)32/h1-22H/i10D,20D,21D. The van der Waals surface area contributed by atoms with Crippen LogP contribution in [0.3, 0.4) is 0 Å². The summed E-state index contributed by atoms with van der Waals surface area (Å²) in [5.74, 6) is 0. The molecule has 0 radical (unpaired) electrons. The van der Waals surface area contributed by atoms with Gasteiger partial charge in [0, 0.05) is 21.9 Å². The van der Waals surface area contributed by atoms with E-state index < -0.39 is 0 Å². The molecule has 0 N–H and O–H groups in total. The van der Waals surface area contributed by atoms with Crippen molar-refractivity contribution in [3.8, 4) is 22.3 Å². The van der Waals surface area contributed by atoms with E-state index in [0.29, 0.717) is 22.1 Å². The van der Waals surface area contributed by atoms with E-state index in [1.807, 2.05) is 36.4 Å². The third kappa shape index (κ3) is 2.92. The molecule has 0 aliphatic carbocycles. The molecule has 0 unspecified atom stereocenters. The van der Waals surface area contributed by atoms with E-state index in [0.717, 1.165) is 43.6 Å². The van der Waals surface area contributed by atoms with E-state index in [1.165, 1.54) is 10.8 Å². The highest BCUT2D eigenvalue weighted by molar-refractivity contribution is 6.25. The Morgan fingerprint density at radius 2 is 0.973 bits per heavy atom. The van der Waals surface area contributed by atoms with Gasteiger partial charge in [-0.05, 0) is 49.5 Å². The van der Waals surface area contributed by atoms with E-state index in [1.54, 1.807) is 0 Å². The molecule has 0 bridgehead atoms. The van der Waals surface area contributed by atoms with Crippen molar-refractivity contribution in [3.05, 3.63) is 133 Å². The Kier molecular flexibility index (Phi) is 3.70. The van der Waals surface area contributed by atoms with Crippen molar-refractivity contribution in [1.29, 1.82) is 0 Å². The maximum atomic E-state index is 9.14. The third-order valence-electron chi connectivity index (χ3n) is 7.44. The number of fused-ring (bicyclic) bond motifs is 6. The first-order valence-electron chi connectivity index (χ1n) is 14.0. The van der Waals surface area contributed by atoms with Crippen LogP contribution in [-0.4, -0.2) is 0 Å². The average molecular weight is 474 g/mol. The van der Waals surface area contributed by atoms with E-state index in [9.17, 15) is 0 Å². The van der Waals surface area contributed by atoms with E-state index in [2.05, 4.69) is 78.9 Å². The molecule has 172 valence electrons. The number of benzene rings is 7. The molecule has 1 nitrogen and oxygen atoms in total. The van der Waals surface area contributed by atoms with Crippen LogP contribution in [-0.2, 0) is 0 Å². The minimum absolute atomic E-state index is 0.00442. The van der Waals surface area contributed by atoms with Crippen molar-refractivity contribution < 1.29 is 8.53 Å². The largest absolute Gasteiger partial charge is 0.455 e. The van der Waals surface area contributed by atoms with Crippen molar-refractivity contribution in [2.75, 3.05) is 0 Å². The van der Waals surface area contributed by atoms with Crippen LogP contribution < -0.4 is 0 Å². The molecule has 0 saturated carbocycles. The van der Waals surface area contributed by atoms with Gasteiger partial charge in [-0.1, -0.05) is 127 Å². The summed E-state index contributed by atoms with van der Waals surface area (Å²) >= 11 is 0. The predicted octanol–water partition coefficient (Wildman–Crippen LogP) is 10.4. The second-order valence-electron chi connectivity index (χ2n) is 9.42. The van der Waals surface area contributed by atoms with Crippen molar-refractivity contribution in [2.45, 2.75) is 0 Å². The highest BCUT2D eigenvalue weighted by atomic mass is 16.3. The summed E-state index contributed by atoms with van der Waals surface area (Å²) in [7, 11) is 0. The SMILES string of the molecule is [2H]c1c([2H])c([2H])c2c(oc3ccccc32)c1-c1c2ccccc2c(-c2cccc3ccccc23)c2ccccc12. The van der Waals surface area contributed by atoms with Crippen molar-refractivity contribution in [3.63, 3.8) is 0 Å². The van der Waals surface area contributed by atoms with Gasteiger partial charge in [0.05, 0.1) is 4.11 Å². The molecule has 8 rings (SSSR count). The summed E-state index contributed by atoms with van der Waals surface area (Å²) in [6, 6.07) is 39.0. The van der Waals surface area contributed by atoms with Crippen molar-refractivity contribution in [1.82, 2.24) is 0 Å². The highest BCUT2D eigenvalue weighted by Gasteiger charge is 2.20. The first kappa shape index (κ1) is 17.5. The lowest BCUT2D eigenvalue weighted by Gasteiger charge is -2.18. The van der Waals surface area contributed by atoms with Crippen LogP contribution in [0.25, 0.3) is 76.5 Å². The molecule has 0 fully saturated rings. The molecule has 1 heterocycles. The molecular formula is C36H22O. The van der Waals surface area contributed by atoms with Crippen LogP contribution in [0.4, 0.5) is 0 Å². The number of furan rings is 1. The number of para-hydroxylation sites is 2. The fraction of sp³-hybridized carbons (Fsp3) is 0. The van der Waals surface area contributed by atoms with Gasteiger partial charge in [0.25, 0.3) is 0 Å². The molecule has 37 heavy (non-hydrogen) atoms. The molecule has 0 aliphatic rings. The summed E-state index contributed by atoms with van der Waals surface area (Å²) in [6.45, 7) is 0. The summed E-state index contributed by atoms with van der Waals surface area (Å²) in [6.07, 6.45) is 0. The lowest BCUT2D eigenvalue weighted by atomic mass is 9.84. The third-order valence-corrected chi connectivity index (χ3v) is 7.44. The second-order valence-corrected chi connectivity index (χ2v) is 9.42. The Hall–Kier alpha value is -4.88. The topological polar surface area (TPSA) is 13.1 Å². The summed E-state index contributed by atoms with van der Waals surface area (Å²) in [4.78, 5) is 0. The Morgan fingerprint density at radius 3 is 1.68 bits per heavy atom. The molecule has 7 aromatic carbocycles. The molecular weight excluding hydrogens is 448 g/mol. The molecule has 1 aromatic heterocycles. The van der Waals surface area contributed by atoms with Crippen LogP contribution in [0.1, 0.15) is 4.11 Å². The smallest absolute Gasteiger partial charge is 0.143 e. The monoisotopic (exact) mass is 473 g/mol. The Labute approximate surface area is 218 Å². The van der Waals surface area contributed by atoms with Crippen LogP contribution in [0.5, 0.6) is 0 Å². The van der Waals surface area contributed by atoms with Crippen LogP contribution in [0, 0.1) is 0 Å². The van der Waals surface area contributed by atoms with Crippen molar-refractivity contribution >= 4 is 54.3 Å². The normalized spacial score (nSPS) is 12.9. The summed E-state index contributed by atoms with van der Waals surface area (Å²) < 4.78 is 33.1. The van der Waals surface area contributed by atoms with Crippen LogP contribution >= 0.6 is 0 Å². The first-order valence-corrected chi connectivity index (χ1v) is 12.5. The maximum absolute atomic E-state index is 9.14. The molecule has 1 heteroatoms. The van der Waals surface area contributed by atoms with E-state index in [-0.39, 0.29) is 18.1 Å². The molecule has 0 amide bonds. The van der Waals surface area contributed by atoms with Crippen LogP contribution in [0.15, 0.2) is 138 Å². The van der Waals surface area contributed by atoms with Gasteiger partial charge in [0.1, 0.15) is 11.2 Å². The molecule has 0 spiro atoms. The predicted molar refractivity (Wildman–Crippen MR) is 157 cm³/mol. The fourth-order valence-electron chi connectivity index (χ4n) is 5.87. The van der Waals surface area contributed by atoms with Crippen molar-refractivity contribution in [2.24, 2.45) is 0 Å². The first-order chi connectivity index (χ1) is 19.6. The Balaban J connectivity index is 1.61. The Morgan fingerprint density at radius 1 is 0.432 bits per heavy atom. The van der Waals surface area contributed by atoms with E-state index in [4.69, 9.17) is 8.53 Å². The zero-order valence-electron chi connectivity index (χ0n) is 22.9. The minimum atomic E-state index is -0.0969. The lowest BCUT2D eigenvalue weighted by molar-refractivity contribution is 0.670. The fourth-order valence-corrected chi connectivity index (χ4v) is 5.87. The molecule has 8 aromatic rings. The van der Waals surface area contributed by atoms with Gasteiger partial charge >= 0.3 is 0 Å². The van der Waals surface area contributed by atoms with Gasteiger partial charge in [-0.15, -0.1) is 0 Å². The van der Waals surface area contributed by atoms with Gasteiger partial charge in [0.15, 0.2) is 0 Å². The van der Waals surface area contributed by atoms with Gasteiger partial charge < -0.3 is 4.42 Å². The van der Waals surface area contributed by atoms with Gasteiger partial charge in [-0.3, -0.25) is 0 Å². The van der Waals surface area contributed by atoms with Gasteiger partial charge in [0.2, 0.25) is 0 Å². The number of rotatable bonds is 2. The molecule has 0 aliphatic heterocycles. The van der Waals surface area contributed by atoms with Crippen LogP contribution in [0.2, 0.25) is 0 Å². The number of hydrogen-bond acceptors (Lipinski definition) is 1. The zero-order chi connectivity index (χ0) is 27.0. The van der Waals surface area contributed by atoms with Gasteiger partial charge in [-0.2, -0.15) is 0 Å². The average Bonchev–Trinajstić information content (AvgIpc) is 3.39. The Bertz CT molecular complexity index is 2250. The minimum Gasteiger partial charge on any atom is -0.455 e.